The van der Waals surface area contributed by atoms with E-state index in [1.54, 1.807) is 12.2 Å². The first-order valence-electron chi connectivity index (χ1n) is 9.52. The van der Waals surface area contributed by atoms with Gasteiger partial charge in [0.05, 0.1) is 6.61 Å². The van der Waals surface area contributed by atoms with Gasteiger partial charge in [0.2, 0.25) is 5.91 Å². The standard InChI is InChI=1S/C23H29NO2/c1-3-5-7-19-8-13-21(14-9-19)24-23(25)17-12-20-10-15-22(16-11-20)26-18-6-4-2/h8-17H,3-7,18H2,1-2H3,(H,24,25). The Hall–Kier alpha value is -2.55. The summed E-state index contributed by atoms with van der Waals surface area (Å²) >= 11 is 0. The summed E-state index contributed by atoms with van der Waals surface area (Å²) in [6.07, 6.45) is 9.01. The summed E-state index contributed by atoms with van der Waals surface area (Å²) in [5.74, 6) is 0.734. The van der Waals surface area contributed by atoms with E-state index in [0.717, 1.165) is 42.9 Å². The molecule has 138 valence electrons. The highest BCUT2D eigenvalue weighted by Crippen LogP contribution is 2.15. The van der Waals surface area contributed by atoms with Crippen molar-refractivity contribution in [2.24, 2.45) is 0 Å². The van der Waals surface area contributed by atoms with Crippen molar-refractivity contribution in [3.05, 3.63) is 65.7 Å². The van der Waals surface area contributed by atoms with Crippen molar-refractivity contribution in [3.8, 4) is 5.75 Å². The van der Waals surface area contributed by atoms with Crippen LogP contribution in [0.1, 0.15) is 50.7 Å². The van der Waals surface area contributed by atoms with Gasteiger partial charge in [-0.05, 0) is 60.7 Å². The van der Waals surface area contributed by atoms with Crippen molar-refractivity contribution in [3.63, 3.8) is 0 Å². The minimum atomic E-state index is -0.130. The quantitative estimate of drug-likeness (QED) is 0.430. The number of nitrogens with one attached hydrogen (secondary N) is 1. The molecule has 0 aliphatic carbocycles. The van der Waals surface area contributed by atoms with E-state index in [1.807, 2.05) is 36.4 Å². The number of anilines is 1. The molecule has 3 heteroatoms. The van der Waals surface area contributed by atoms with Crippen LogP contribution in [0, 0.1) is 0 Å². The third-order valence-corrected chi connectivity index (χ3v) is 4.11. The summed E-state index contributed by atoms with van der Waals surface area (Å²) in [5, 5.41) is 2.89. The topological polar surface area (TPSA) is 38.3 Å². The first-order chi connectivity index (χ1) is 12.7. The highest BCUT2D eigenvalue weighted by Gasteiger charge is 1.99. The molecular formula is C23H29NO2. The van der Waals surface area contributed by atoms with Crippen LogP contribution >= 0.6 is 0 Å². The van der Waals surface area contributed by atoms with E-state index in [0.29, 0.717) is 0 Å². The molecule has 26 heavy (non-hydrogen) atoms. The minimum absolute atomic E-state index is 0.130. The largest absolute Gasteiger partial charge is 0.494 e. The van der Waals surface area contributed by atoms with Gasteiger partial charge in [0.1, 0.15) is 5.75 Å². The Morgan fingerprint density at radius 3 is 2.31 bits per heavy atom. The van der Waals surface area contributed by atoms with Gasteiger partial charge in [-0.15, -0.1) is 0 Å². The molecular weight excluding hydrogens is 322 g/mol. The monoisotopic (exact) mass is 351 g/mol. The summed E-state index contributed by atoms with van der Waals surface area (Å²) in [6, 6.07) is 15.8. The second-order valence-corrected chi connectivity index (χ2v) is 6.39. The molecule has 2 rings (SSSR count). The van der Waals surface area contributed by atoms with E-state index in [-0.39, 0.29) is 5.91 Å². The van der Waals surface area contributed by atoms with Crippen molar-refractivity contribution in [2.45, 2.75) is 46.0 Å². The van der Waals surface area contributed by atoms with Gasteiger partial charge in [0.15, 0.2) is 0 Å². The molecule has 0 atom stereocenters. The normalized spacial score (nSPS) is 10.8. The zero-order chi connectivity index (χ0) is 18.6. The van der Waals surface area contributed by atoms with Gasteiger partial charge in [0.25, 0.3) is 0 Å². The van der Waals surface area contributed by atoms with E-state index < -0.39 is 0 Å². The zero-order valence-corrected chi connectivity index (χ0v) is 15.8. The number of unbranched alkanes of at least 4 members (excludes halogenated alkanes) is 2. The molecule has 0 fully saturated rings. The fourth-order valence-corrected chi connectivity index (χ4v) is 2.50. The van der Waals surface area contributed by atoms with Crippen molar-refractivity contribution in [2.75, 3.05) is 11.9 Å². The predicted octanol–water partition coefficient (Wildman–Crippen LogP) is 5.86. The van der Waals surface area contributed by atoms with E-state index >= 15 is 0 Å². The number of benzene rings is 2. The van der Waals surface area contributed by atoms with Gasteiger partial charge < -0.3 is 10.1 Å². The van der Waals surface area contributed by atoms with Gasteiger partial charge >= 0.3 is 0 Å². The Kier molecular flexibility index (Phi) is 8.47. The van der Waals surface area contributed by atoms with Crippen LogP contribution in [0.25, 0.3) is 6.08 Å². The summed E-state index contributed by atoms with van der Waals surface area (Å²) in [5.41, 5.74) is 3.10. The minimum Gasteiger partial charge on any atom is -0.494 e. The van der Waals surface area contributed by atoms with Crippen molar-refractivity contribution in [1.29, 1.82) is 0 Å². The van der Waals surface area contributed by atoms with Crippen molar-refractivity contribution >= 4 is 17.7 Å². The van der Waals surface area contributed by atoms with Crippen LogP contribution in [0.2, 0.25) is 0 Å². The molecule has 1 amide bonds. The first kappa shape index (κ1) is 19.8. The van der Waals surface area contributed by atoms with E-state index in [9.17, 15) is 4.79 Å². The number of aryl methyl sites for hydroxylation is 1. The number of hydrogen-bond donors (Lipinski definition) is 1. The molecule has 2 aromatic rings. The van der Waals surface area contributed by atoms with E-state index in [2.05, 4.69) is 31.3 Å². The summed E-state index contributed by atoms with van der Waals surface area (Å²) in [4.78, 5) is 12.1. The van der Waals surface area contributed by atoms with E-state index in [4.69, 9.17) is 4.74 Å². The lowest BCUT2D eigenvalue weighted by molar-refractivity contribution is -0.111. The maximum absolute atomic E-state index is 12.1. The molecule has 0 aliphatic rings. The first-order valence-corrected chi connectivity index (χ1v) is 9.52. The lowest BCUT2D eigenvalue weighted by Gasteiger charge is -2.05. The van der Waals surface area contributed by atoms with Crippen LogP contribution in [-0.2, 0) is 11.2 Å². The van der Waals surface area contributed by atoms with Crippen LogP contribution in [0.3, 0.4) is 0 Å². The SMILES string of the molecule is CCCCOc1ccc(C=CC(=O)Nc2ccc(CCCC)cc2)cc1. The maximum atomic E-state index is 12.1. The Morgan fingerprint density at radius 2 is 1.65 bits per heavy atom. The van der Waals surface area contributed by atoms with Gasteiger partial charge in [0, 0.05) is 11.8 Å². The van der Waals surface area contributed by atoms with Crippen LogP contribution in [0.4, 0.5) is 5.69 Å². The number of carbonyl (C=O) groups excluding carboxylic acids is 1. The molecule has 0 heterocycles. The van der Waals surface area contributed by atoms with E-state index in [1.165, 1.54) is 18.4 Å². The second kappa shape index (κ2) is 11.1. The highest BCUT2D eigenvalue weighted by atomic mass is 16.5. The van der Waals surface area contributed by atoms with Crippen molar-refractivity contribution < 1.29 is 9.53 Å². The number of rotatable bonds is 10. The molecule has 1 N–H and O–H groups in total. The Morgan fingerprint density at radius 1 is 0.962 bits per heavy atom. The average molecular weight is 351 g/mol. The highest BCUT2D eigenvalue weighted by molar-refractivity contribution is 6.01. The smallest absolute Gasteiger partial charge is 0.248 e. The fourth-order valence-electron chi connectivity index (χ4n) is 2.50. The van der Waals surface area contributed by atoms with Crippen LogP contribution < -0.4 is 10.1 Å². The molecule has 0 radical (unpaired) electrons. The van der Waals surface area contributed by atoms with Crippen molar-refractivity contribution in [1.82, 2.24) is 0 Å². The molecule has 0 saturated heterocycles. The Balaban J connectivity index is 1.82. The molecule has 2 aromatic carbocycles. The zero-order valence-electron chi connectivity index (χ0n) is 15.8. The van der Waals surface area contributed by atoms with Crippen LogP contribution in [0.5, 0.6) is 5.75 Å². The molecule has 0 bridgehead atoms. The predicted molar refractivity (Wildman–Crippen MR) is 110 cm³/mol. The summed E-state index contributed by atoms with van der Waals surface area (Å²) in [6.45, 7) is 5.07. The number of carbonyl (C=O) groups is 1. The Bertz CT molecular complexity index is 687. The van der Waals surface area contributed by atoms with Crippen LogP contribution in [0.15, 0.2) is 54.6 Å². The van der Waals surface area contributed by atoms with Gasteiger partial charge in [-0.3, -0.25) is 4.79 Å². The van der Waals surface area contributed by atoms with Gasteiger partial charge in [-0.25, -0.2) is 0 Å². The summed E-state index contributed by atoms with van der Waals surface area (Å²) in [7, 11) is 0. The lowest BCUT2D eigenvalue weighted by Crippen LogP contribution is -2.07. The molecule has 0 saturated carbocycles. The summed E-state index contributed by atoms with van der Waals surface area (Å²) < 4.78 is 5.64. The number of ether oxygens (including phenoxy) is 1. The van der Waals surface area contributed by atoms with Gasteiger partial charge in [-0.1, -0.05) is 51.0 Å². The third-order valence-electron chi connectivity index (χ3n) is 4.11. The average Bonchev–Trinajstić information content (AvgIpc) is 2.67. The molecule has 0 aromatic heterocycles. The molecule has 0 aliphatic heterocycles. The maximum Gasteiger partial charge on any atom is 0.248 e. The lowest BCUT2D eigenvalue weighted by atomic mass is 10.1. The number of hydrogen-bond acceptors (Lipinski definition) is 2. The van der Waals surface area contributed by atoms with Crippen LogP contribution in [-0.4, -0.2) is 12.5 Å². The Labute approximate surface area is 157 Å². The van der Waals surface area contributed by atoms with Gasteiger partial charge in [-0.2, -0.15) is 0 Å². The molecule has 0 spiro atoms. The fraction of sp³-hybridized carbons (Fsp3) is 0.348. The molecule has 3 nitrogen and oxygen atoms in total. The molecule has 0 unspecified atom stereocenters. The third kappa shape index (κ3) is 7.14. The second-order valence-electron chi connectivity index (χ2n) is 6.39. The number of amides is 1.